The molecule has 0 saturated heterocycles. The fourth-order valence-electron chi connectivity index (χ4n) is 1.60. The number of rotatable bonds is 12. The minimum absolute atomic E-state index is 0.0471. The maximum Gasteiger partial charge on any atom is 0.251 e. The van der Waals surface area contributed by atoms with Crippen molar-refractivity contribution in [3.63, 3.8) is 0 Å². The molecule has 0 aliphatic carbocycles. The monoisotopic (exact) mass is 377 g/mol. The summed E-state index contributed by atoms with van der Waals surface area (Å²) >= 11 is 1.73. The molecular weight excluding hydrogens is 334 g/mol. The predicted octanol–water partition coefficient (Wildman–Crippen LogP) is 3.69. The molecule has 0 bridgehead atoms. The van der Waals surface area contributed by atoms with Gasteiger partial charge in [-0.1, -0.05) is 53.0 Å². The van der Waals surface area contributed by atoms with Gasteiger partial charge < -0.3 is 15.0 Å². The van der Waals surface area contributed by atoms with Gasteiger partial charge in [-0.2, -0.15) is 0 Å². The van der Waals surface area contributed by atoms with E-state index in [4.69, 9.17) is 4.74 Å². The van der Waals surface area contributed by atoms with Gasteiger partial charge in [0.15, 0.2) is 0 Å². The van der Waals surface area contributed by atoms with E-state index < -0.39 is 5.60 Å². The molecule has 0 saturated carbocycles. The highest BCUT2D eigenvalue weighted by Crippen LogP contribution is 2.12. The maximum atomic E-state index is 12.2. The van der Waals surface area contributed by atoms with Crippen LogP contribution in [0.15, 0.2) is 0 Å². The normalized spacial score (nSPS) is 12.8. The minimum Gasteiger partial charge on any atom is -0.366 e. The van der Waals surface area contributed by atoms with Crippen molar-refractivity contribution in [2.45, 2.75) is 85.1 Å². The van der Waals surface area contributed by atoms with Gasteiger partial charge in [0.2, 0.25) is 0 Å². The molecular formula is C19H43N3O2S. The lowest BCUT2D eigenvalue weighted by Crippen LogP contribution is -2.46. The van der Waals surface area contributed by atoms with Crippen LogP contribution in [0.4, 0.5) is 0 Å². The summed E-state index contributed by atoms with van der Waals surface area (Å²) in [4.78, 5) is 14.3. The van der Waals surface area contributed by atoms with Gasteiger partial charge in [0.05, 0.1) is 0 Å². The number of carbonyl (C=O) groups excluding carboxylic acids is 1. The molecule has 0 radical (unpaired) electrons. The van der Waals surface area contributed by atoms with Gasteiger partial charge in [-0.05, 0) is 40.8 Å². The van der Waals surface area contributed by atoms with E-state index in [1.54, 1.807) is 11.9 Å². The zero-order valence-electron chi connectivity index (χ0n) is 18.1. The van der Waals surface area contributed by atoms with E-state index in [9.17, 15) is 4.79 Å². The lowest BCUT2D eigenvalue weighted by Gasteiger charge is -2.26. The lowest BCUT2D eigenvalue weighted by molar-refractivity contribution is -0.143. The van der Waals surface area contributed by atoms with E-state index in [1.165, 1.54) is 6.42 Å². The molecule has 0 aromatic carbocycles. The van der Waals surface area contributed by atoms with Crippen LogP contribution in [-0.2, 0) is 9.53 Å². The van der Waals surface area contributed by atoms with E-state index in [-0.39, 0.29) is 5.91 Å². The van der Waals surface area contributed by atoms with Crippen molar-refractivity contribution >= 4 is 17.9 Å². The second-order valence-corrected chi connectivity index (χ2v) is 8.61. The first-order valence-electron chi connectivity index (χ1n) is 9.62. The van der Waals surface area contributed by atoms with E-state index in [2.05, 4.69) is 56.5 Å². The van der Waals surface area contributed by atoms with Gasteiger partial charge in [-0.25, -0.2) is 0 Å². The van der Waals surface area contributed by atoms with E-state index in [0.717, 1.165) is 19.5 Å². The minimum atomic E-state index is -0.782. The van der Waals surface area contributed by atoms with Crippen molar-refractivity contribution in [3.05, 3.63) is 0 Å². The van der Waals surface area contributed by atoms with Crippen molar-refractivity contribution in [1.82, 2.24) is 14.9 Å². The lowest BCUT2D eigenvalue weighted by atomic mass is 10.1. The van der Waals surface area contributed by atoms with Gasteiger partial charge in [0.25, 0.3) is 5.91 Å². The molecule has 0 aromatic rings. The molecule has 0 aliphatic heterocycles. The smallest absolute Gasteiger partial charge is 0.251 e. The Balaban J connectivity index is 0. The third-order valence-electron chi connectivity index (χ3n) is 3.38. The second-order valence-electron chi connectivity index (χ2n) is 7.19. The highest BCUT2D eigenvalue weighted by Gasteiger charge is 2.28. The fraction of sp³-hybridized carbons (Fsp3) is 0.947. The summed E-state index contributed by atoms with van der Waals surface area (Å²) in [6.07, 6.45) is 2.13. The molecule has 1 amide bonds. The Kier molecular flexibility index (Phi) is 17.1. The first-order valence-corrected chi connectivity index (χ1v) is 10.5. The number of hydrogen-bond donors (Lipinski definition) is 2. The molecule has 0 fully saturated rings. The molecule has 25 heavy (non-hydrogen) atoms. The molecule has 1 unspecified atom stereocenters. The molecule has 0 spiro atoms. The Morgan fingerprint density at radius 1 is 1.20 bits per heavy atom. The molecule has 2 N–H and O–H groups in total. The van der Waals surface area contributed by atoms with E-state index in [1.807, 2.05) is 20.9 Å². The van der Waals surface area contributed by atoms with Crippen LogP contribution >= 0.6 is 11.9 Å². The van der Waals surface area contributed by atoms with Gasteiger partial charge in [0.1, 0.15) is 5.60 Å². The number of nitrogens with one attached hydrogen (secondary N) is 2. The Morgan fingerprint density at radius 2 is 1.76 bits per heavy atom. The summed E-state index contributed by atoms with van der Waals surface area (Å²) in [6, 6.07) is 0.365. The number of ether oxygens (including phenoxy) is 1. The summed E-state index contributed by atoms with van der Waals surface area (Å²) < 4.78 is 9.16. The third-order valence-corrected chi connectivity index (χ3v) is 4.39. The zero-order valence-corrected chi connectivity index (χ0v) is 18.9. The maximum absolute atomic E-state index is 12.2. The van der Waals surface area contributed by atoms with Gasteiger partial charge in [-0.3, -0.25) is 9.52 Å². The standard InChI is InChI=1S/C16H35N3O2S.C3H8/c1-8-19(7)11-10-17-15(20)16(5,6)21-12-9-14(4)18-22-13(2)3;1-3-2/h13-14,18H,8-12H2,1-7H3,(H,17,20);3H2,1-2H3. The van der Waals surface area contributed by atoms with Crippen LogP contribution in [0, 0.1) is 0 Å². The third kappa shape index (κ3) is 16.9. The average molecular weight is 378 g/mol. The Labute approximate surface area is 161 Å². The summed E-state index contributed by atoms with van der Waals surface area (Å²) in [5.74, 6) is -0.0471. The zero-order chi connectivity index (χ0) is 19.9. The molecule has 152 valence electrons. The van der Waals surface area contributed by atoms with Crippen LogP contribution in [0.5, 0.6) is 0 Å². The van der Waals surface area contributed by atoms with Crippen LogP contribution < -0.4 is 10.0 Å². The number of nitrogens with zero attached hydrogens (tertiary/aromatic N) is 1. The Morgan fingerprint density at radius 3 is 2.24 bits per heavy atom. The summed E-state index contributed by atoms with van der Waals surface area (Å²) in [5.41, 5.74) is -0.782. The topological polar surface area (TPSA) is 53.6 Å². The van der Waals surface area contributed by atoms with Crippen molar-refractivity contribution in [3.8, 4) is 0 Å². The number of carbonyl (C=O) groups is 1. The van der Waals surface area contributed by atoms with Gasteiger partial charge in [-0.15, -0.1) is 0 Å². The van der Waals surface area contributed by atoms with Gasteiger partial charge in [0, 0.05) is 31.0 Å². The largest absolute Gasteiger partial charge is 0.366 e. The first-order chi connectivity index (χ1) is 11.6. The van der Waals surface area contributed by atoms with Crippen LogP contribution in [0.25, 0.3) is 0 Å². The van der Waals surface area contributed by atoms with Crippen molar-refractivity contribution in [2.24, 2.45) is 0 Å². The molecule has 0 rings (SSSR count). The number of amides is 1. The van der Waals surface area contributed by atoms with Crippen LogP contribution in [0.2, 0.25) is 0 Å². The first kappa shape index (κ1) is 26.9. The number of hydrogen-bond acceptors (Lipinski definition) is 5. The number of likely N-dealkylation sites (N-methyl/N-ethyl adjacent to an activating group) is 1. The summed E-state index contributed by atoms with van der Waals surface area (Å²) in [7, 11) is 2.04. The second kappa shape index (κ2) is 15.9. The van der Waals surface area contributed by atoms with Gasteiger partial charge >= 0.3 is 0 Å². The molecule has 1 atom stereocenters. The van der Waals surface area contributed by atoms with Crippen molar-refractivity contribution in [2.75, 3.05) is 33.3 Å². The van der Waals surface area contributed by atoms with Crippen molar-refractivity contribution in [1.29, 1.82) is 0 Å². The highest BCUT2D eigenvalue weighted by atomic mass is 32.2. The predicted molar refractivity (Wildman–Crippen MR) is 112 cm³/mol. The van der Waals surface area contributed by atoms with E-state index >= 15 is 0 Å². The van der Waals surface area contributed by atoms with Crippen LogP contribution in [-0.4, -0.2) is 61.0 Å². The SMILES string of the molecule is CCC.CCN(C)CCNC(=O)C(C)(C)OCCC(C)NSC(C)C. The molecule has 6 heteroatoms. The molecule has 5 nitrogen and oxygen atoms in total. The highest BCUT2D eigenvalue weighted by molar-refractivity contribution is 7.98. The van der Waals surface area contributed by atoms with E-state index in [0.29, 0.717) is 24.4 Å². The molecule has 0 aromatic heterocycles. The fourth-order valence-corrected chi connectivity index (χ4v) is 2.22. The molecule has 0 aliphatic rings. The Hall–Kier alpha value is -0.300. The average Bonchev–Trinajstić information content (AvgIpc) is 2.53. The summed E-state index contributed by atoms with van der Waals surface area (Å²) in [5, 5.41) is 3.50. The Bertz CT molecular complexity index is 326. The molecule has 0 heterocycles. The van der Waals surface area contributed by atoms with Crippen molar-refractivity contribution < 1.29 is 9.53 Å². The quantitative estimate of drug-likeness (QED) is 0.508. The van der Waals surface area contributed by atoms with Crippen LogP contribution in [0.3, 0.4) is 0 Å². The van der Waals surface area contributed by atoms with Crippen LogP contribution in [0.1, 0.15) is 68.2 Å². The summed E-state index contributed by atoms with van der Waals surface area (Å²) in [6.45, 7) is 19.5.